The molecule has 4 nitrogen and oxygen atoms in total. The topological polar surface area (TPSA) is 39.9 Å². The number of halogens is 2. The third-order valence-electron chi connectivity index (χ3n) is 2.19. The summed E-state index contributed by atoms with van der Waals surface area (Å²) in [6.45, 7) is 2.70. The molecule has 0 bridgehead atoms. The first kappa shape index (κ1) is 11.5. The molecule has 0 unspecified atom stereocenters. The van der Waals surface area contributed by atoms with E-state index in [-0.39, 0.29) is 0 Å². The van der Waals surface area contributed by atoms with Gasteiger partial charge in [-0.3, -0.25) is 0 Å². The highest BCUT2D eigenvalue weighted by Crippen LogP contribution is 2.28. The van der Waals surface area contributed by atoms with Gasteiger partial charge >= 0.3 is 0 Å². The molecule has 0 amide bonds. The molecule has 0 saturated carbocycles. The van der Waals surface area contributed by atoms with Crippen molar-refractivity contribution in [1.29, 1.82) is 0 Å². The molecule has 0 aliphatic heterocycles. The molecule has 2 aromatic rings. The Balaban J connectivity index is 2.31. The van der Waals surface area contributed by atoms with Crippen LogP contribution in [0.3, 0.4) is 0 Å². The second-order valence-electron chi connectivity index (χ2n) is 3.38. The van der Waals surface area contributed by atoms with Gasteiger partial charge in [-0.25, -0.2) is 0 Å². The Bertz CT molecular complexity index is 498. The molecular formula is C10H11Cl2N3O. The molecule has 0 N–H and O–H groups in total. The number of hydrogen-bond acceptors (Lipinski definition) is 3. The first-order chi connectivity index (χ1) is 7.74. The van der Waals surface area contributed by atoms with Crippen LogP contribution in [0.4, 0.5) is 0 Å². The second-order valence-corrected chi connectivity index (χ2v) is 4.16. The Labute approximate surface area is 103 Å². The van der Waals surface area contributed by atoms with E-state index >= 15 is 0 Å². The highest BCUT2D eigenvalue weighted by Gasteiger charge is 2.11. The molecule has 0 radical (unpaired) electrons. The summed E-state index contributed by atoms with van der Waals surface area (Å²) in [5, 5.41) is 8.67. The van der Waals surface area contributed by atoms with Crippen molar-refractivity contribution in [3.05, 3.63) is 22.2 Å². The average Bonchev–Trinajstić information content (AvgIpc) is 2.68. The summed E-state index contributed by atoms with van der Waals surface area (Å²) in [6.07, 6.45) is 2.04. The van der Waals surface area contributed by atoms with Crippen LogP contribution in [0.15, 0.2) is 12.1 Å². The van der Waals surface area contributed by atoms with Crippen LogP contribution in [-0.2, 0) is 0 Å². The van der Waals surface area contributed by atoms with Gasteiger partial charge in [0, 0.05) is 0 Å². The van der Waals surface area contributed by atoms with Gasteiger partial charge in [-0.2, -0.15) is 0 Å². The largest absolute Gasteiger partial charge is 0.395 e. The van der Waals surface area contributed by atoms with Crippen molar-refractivity contribution in [3.8, 4) is 0 Å². The molecule has 0 fully saturated rings. The smallest absolute Gasteiger partial charge is 0.137 e. The molecule has 6 heteroatoms. The minimum atomic E-state index is 0.407. The summed E-state index contributed by atoms with van der Waals surface area (Å²) < 4.78 is 0. The lowest BCUT2D eigenvalue weighted by atomic mass is 10.3. The average molecular weight is 260 g/mol. The van der Waals surface area contributed by atoms with Crippen molar-refractivity contribution in [2.45, 2.75) is 19.8 Å². The van der Waals surface area contributed by atoms with Crippen molar-refractivity contribution >= 4 is 34.2 Å². The van der Waals surface area contributed by atoms with E-state index in [2.05, 4.69) is 17.2 Å². The summed E-state index contributed by atoms with van der Waals surface area (Å²) >= 11 is 11.9. The Morgan fingerprint density at radius 2 is 2.19 bits per heavy atom. The molecule has 0 atom stereocenters. The van der Waals surface area contributed by atoms with Crippen LogP contribution >= 0.6 is 23.2 Å². The minimum Gasteiger partial charge on any atom is -0.395 e. The number of hydrogen-bond donors (Lipinski definition) is 0. The Morgan fingerprint density at radius 3 is 2.94 bits per heavy atom. The van der Waals surface area contributed by atoms with Crippen molar-refractivity contribution in [2.75, 3.05) is 6.61 Å². The van der Waals surface area contributed by atoms with Crippen LogP contribution in [0.2, 0.25) is 10.0 Å². The van der Waals surface area contributed by atoms with Gasteiger partial charge in [0.2, 0.25) is 0 Å². The first-order valence-electron chi connectivity index (χ1n) is 5.06. The first-order valence-corrected chi connectivity index (χ1v) is 5.82. The number of fused-ring (bicyclic) bond motifs is 1. The maximum Gasteiger partial charge on any atom is 0.137 e. The lowest BCUT2D eigenvalue weighted by Crippen LogP contribution is -2.14. The van der Waals surface area contributed by atoms with E-state index in [0.717, 1.165) is 18.4 Å². The fourth-order valence-electron chi connectivity index (χ4n) is 1.30. The molecule has 0 saturated heterocycles. The highest BCUT2D eigenvalue weighted by atomic mass is 35.5. The number of unbranched alkanes of at least 4 members (excludes halogenated alkanes) is 1. The van der Waals surface area contributed by atoms with E-state index in [4.69, 9.17) is 28.0 Å². The van der Waals surface area contributed by atoms with Gasteiger partial charge in [0.15, 0.2) is 0 Å². The fourth-order valence-corrected chi connectivity index (χ4v) is 1.65. The van der Waals surface area contributed by atoms with E-state index in [9.17, 15) is 0 Å². The Morgan fingerprint density at radius 1 is 1.38 bits per heavy atom. The molecule has 16 heavy (non-hydrogen) atoms. The summed E-state index contributed by atoms with van der Waals surface area (Å²) in [6, 6.07) is 3.49. The van der Waals surface area contributed by atoms with Gasteiger partial charge in [-0.1, -0.05) is 41.4 Å². The molecule has 2 rings (SSSR count). The van der Waals surface area contributed by atoms with Crippen molar-refractivity contribution < 1.29 is 4.84 Å². The van der Waals surface area contributed by atoms with E-state index in [1.807, 2.05) is 0 Å². The number of rotatable bonds is 4. The highest BCUT2D eigenvalue weighted by molar-refractivity contribution is 6.44. The summed E-state index contributed by atoms with van der Waals surface area (Å²) in [4.78, 5) is 6.82. The van der Waals surface area contributed by atoms with Gasteiger partial charge in [0.05, 0.1) is 10.0 Å². The number of nitrogens with zero attached hydrogens (tertiary/aromatic N) is 3. The third-order valence-corrected chi connectivity index (χ3v) is 2.99. The van der Waals surface area contributed by atoms with Gasteiger partial charge in [-0.15, -0.1) is 5.10 Å². The molecule has 0 spiro atoms. The molecule has 1 aromatic heterocycles. The molecule has 0 aliphatic rings. The zero-order chi connectivity index (χ0) is 11.5. The van der Waals surface area contributed by atoms with Gasteiger partial charge in [0.25, 0.3) is 0 Å². The van der Waals surface area contributed by atoms with Crippen LogP contribution < -0.4 is 4.84 Å². The van der Waals surface area contributed by atoms with Crippen LogP contribution in [0, 0.1) is 0 Å². The predicted molar refractivity (Wildman–Crippen MR) is 63.9 cm³/mol. The van der Waals surface area contributed by atoms with E-state index < -0.39 is 0 Å². The van der Waals surface area contributed by atoms with Crippen molar-refractivity contribution in [2.24, 2.45) is 0 Å². The second kappa shape index (κ2) is 4.89. The van der Waals surface area contributed by atoms with E-state index in [0.29, 0.717) is 22.2 Å². The standard InChI is InChI=1S/C10H11Cl2N3O/c1-2-3-6-16-15-8-5-4-7(11)9(12)10(8)13-14-15/h4-5H,2-3,6H2,1H3. The zero-order valence-electron chi connectivity index (χ0n) is 8.78. The molecule has 86 valence electrons. The van der Waals surface area contributed by atoms with Crippen LogP contribution in [0.5, 0.6) is 0 Å². The number of aromatic nitrogens is 3. The van der Waals surface area contributed by atoms with E-state index in [1.165, 1.54) is 4.85 Å². The lowest BCUT2D eigenvalue weighted by molar-refractivity contribution is 0.0853. The molecule has 1 heterocycles. The Hall–Kier alpha value is -1.00. The third kappa shape index (κ3) is 2.08. The van der Waals surface area contributed by atoms with Crippen LogP contribution in [-0.4, -0.2) is 21.8 Å². The molecular weight excluding hydrogens is 249 g/mol. The maximum absolute atomic E-state index is 6.00. The number of benzene rings is 1. The Kier molecular flexibility index (Phi) is 3.51. The SMILES string of the molecule is CCCCOn1nnc2c(Cl)c(Cl)ccc21. The van der Waals surface area contributed by atoms with Gasteiger partial charge < -0.3 is 4.84 Å². The predicted octanol–water partition coefficient (Wildman–Crippen LogP) is 2.97. The van der Waals surface area contributed by atoms with Crippen LogP contribution in [0.1, 0.15) is 19.8 Å². The van der Waals surface area contributed by atoms with Crippen LogP contribution in [0.25, 0.3) is 11.0 Å². The fraction of sp³-hybridized carbons (Fsp3) is 0.400. The van der Waals surface area contributed by atoms with Crippen molar-refractivity contribution in [3.63, 3.8) is 0 Å². The zero-order valence-corrected chi connectivity index (χ0v) is 10.3. The van der Waals surface area contributed by atoms with E-state index in [1.54, 1.807) is 12.1 Å². The minimum absolute atomic E-state index is 0.407. The maximum atomic E-state index is 6.00. The summed E-state index contributed by atoms with van der Waals surface area (Å²) in [5.74, 6) is 0. The van der Waals surface area contributed by atoms with Gasteiger partial charge in [0.1, 0.15) is 17.6 Å². The lowest BCUT2D eigenvalue weighted by Gasteiger charge is -2.04. The summed E-state index contributed by atoms with van der Waals surface area (Å²) in [5.41, 5.74) is 1.29. The molecule has 0 aliphatic carbocycles. The van der Waals surface area contributed by atoms with Gasteiger partial charge in [-0.05, 0) is 23.8 Å². The van der Waals surface area contributed by atoms with Crippen molar-refractivity contribution in [1.82, 2.24) is 15.2 Å². The monoisotopic (exact) mass is 259 g/mol. The normalized spacial score (nSPS) is 10.9. The quantitative estimate of drug-likeness (QED) is 0.793. The summed E-state index contributed by atoms with van der Waals surface area (Å²) in [7, 11) is 0. The molecule has 1 aromatic carbocycles.